The Labute approximate surface area is 119 Å². The Kier molecular flexibility index (Phi) is 4.61. The summed E-state index contributed by atoms with van der Waals surface area (Å²) in [6.07, 6.45) is 1.94. The molecule has 1 atom stereocenters. The van der Waals surface area contributed by atoms with Crippen LogP contribution in [0.3, 0.4) is 0 Å². The van der Waals surface area contributed by atoms with E-state index in [2.05, 4.69) is 34.7 Å². The maximum Gasteiger partial charge on any atom is 0.130 e. The molecule has 1 aromatic heterocycles. The van der Waals surface area contributed by atoms with E-state index >= 15 is 0 Å². The Morgan fingerprint density at radius 3 is 2.53 bits per heavy atom. The van der Waals surface area contributed by atoms with E-state index in [1.165, 1.54) is 5.56 Å². The van der Waals surface area contributed by atoms with Gasteiger partial charge in [0, 0.05) is 18.7 Å². The first kappa shape index (κ1) is 14.1. The van der Waals surface area contributed by atoms with Crippen molar-refractivity contribution in [2.24, 2.45) is 7.05 Å². The summed E-state index contributed by atoms with van der Waals surface area (Å²) in [5.41, 5.74) is 3.48. The van der Waals surface area contributed by atoms with E-state index in [9.17, 15) is 0 Å². The van der Waals surface area contributed by atoms with Crippen LogP contribution in [0.1, 0.15) is 29.3 Å². The van der Waals surface area contributed by atoms with E-state index in [-0.39, 0.29) is 0 Å². The molecule has 0 aliphatic rings. The van der Waals surface area contributed by atoms with Crippen molar-refractivity contribution in [3.8, 4) is 0 Å². The highest BCUT2D eigenvalue weighted by atomic mass is 35.5. The van der Waals surface area contributed by atoms with Crippen LogP contribution in [-0.4, -0.2) is 16.8 Å². The van der Waals surface area contributed by atoms with Crippen molar-refractivity contribution in [1.29, 1.82) is 0 Å². The molecule has 19 heavy (non-hydrogen) atoms. The monoisotopic (exact) mass is 277 g/mol. The maximum atomic E-state index is 6.27. The molecule has 1 N–H and O–H groups in total. The molecule has 0 bridgehead atoms. The third-order valence-electron chi connectivity index (χ3n) is 3.50. The average Bonchev–Trinajstić information content (AvgIpc) is 2.66. The van der Waals surface area contributed by atoms with Crippen molar-refractivity contribution < 1.29 is 0 Å². The van der Waals surface area contributed by atoms with Crippen LogP contribution in [0.5, 0.6) is 0 Å². The number of rotatable bonds is 5. The van der Waals surface area contributed by atoms with Crippen molar-refractivity contribution in [2.75, 3.05) is 7.05 Å². The normalized spacial score (nSPS) is 12.6. The van der Waals surface area contributed by atoms with Gasteiger partial charge in [0.1, 0.15) is 5.15 Å². The maximum absolute atomic E-state index is 6.27. The van der Waals surface area contributed by atoms with Gasteiger partial charge in [-0.3, -0.25) is 4.68 Å². The molecule has 4 heteroatoms. The predicted molar refractivity (Wildman–Crippen MR) is 79.5 cm³/mol. The van der Waals surface area contributed by atoms with E-state index in [1.807, 2.05) is 27.1 Å². The van der Waals surface area contributed by atoms with Gasteiger partial charge in [-0.1, -0.05) is 41.9 Å². The number of aromatic nitrogens is 2. The Hall–Kier alpha value is -1.32. The molecular formula is C15H20ClN3. The summed E-state index contributed by atoms with van der Waals surface area (Å²) in [5, 5.41) is 8.47. The Morgan fingerprint density at radius 2 is 2.00 bits per heavy atom. The van der Waals surface area contributed by atoms with Crippen molar-refractivity contribution >= 4 is 11.6 Å². The largest absolute Gasteiger partial charge is 0.313 e. The highest BCUT2D eigenvalue weighted by molar-refractivity contribution is 6.30. The van der Waals surface area contributed by atoms with Crippen LogP contribution in [0, 0.1) is 6.92 Å². The van der Waals surface area contributed by atoms with Crippen LogP contribution in [-0.2, 0) is 13.5 Å². The van der Waals surface area contributed by atoms with E-state index in [1.54, 1.807) is 4.68 Å². The number of benzene rings is 1. The fourth-order valence-electron chi connectivity index (χ4n) is 2.41. The summed E-state index contributed by atoms with van der Waals surface area (Å²) in [4.78, 5) is 0. The number of hydrogen-bond donors (Lipinski definition) is 1. The molecule has 0 saturated heterocycles. The molecule has 1 heterocycles. The third-order valence-corrected chi connectivity index (χ3v) is 3.98. The summed E-state index contributed by atoms with van der Waals surface area (Å²) in [6.45, 7) is 2.01. The number of halogens is 1. The highest BCUT2D eigenvalue weighted by Crippen LogP contribution is 2.24. The molecular weight excluding hydrogens is 258 g/mol. The van der Waals surface area contributed by atoms with E-state index in [4.69, 9.17) is 11.6 Å². The molecule has 0 saturated carbocycles. The number of nitrogens with one attached hydrogen (secondary N) is 1. The first-order chi connectivity index (χ1) is 9.13. The smallest absolute Gasteiger partial charge is 0.130 e. The minimum atomic E-state index is 0.344. The Morgan fingerprint density at radius 1 is 1.32 bits per heavy atom. The van der Waals surface area contributed by atoms with E-state index in [0.29, 0.717) is 6.04 Å². The number of aryl methyl sites for hydroxylation is 2. The van der Waals surface area contributed by atoms with Gasteiger partial charge < -0.3 is 5.32 Å². The SMILES string of the molecule is CNC(CCc1c(C)nn(C)c1Cl)c1ccccc1. The second-order valence-corrected chi connectivity index (χ2v) is 5.13. The lowest BCUT2D eigenvalue weighted by Crippen LogP contribution is -2.17. The van der Waals surface area contributed by atoms with Crippen molar-refractivity contribution in [2.45, 2.75) is 25.8 Å². The summed E-state index contributed by atoms with van der Waals surface area (Å²) in [7, 11) is 3.88. The average molecular weight is 278 g/mol. The van der Waals surface area contributed by atoms with Crippen LogP contribution >= 0.6 is 11.6 Å². The van der Waals surface area contributed by atoms with Crippen molar-refractivity contribution in [3.05, 3.63) is 52.3 Å². The Bertz CT molecular complexity index is 534. The van der Waals surface area contributed by atoms with Gasteiger partial charge in [-0.05, 0) is 32.4 Å². The van der Waals surface area contributed by atoms with Crippen molar-refractivity contribution in [3.63, 3.8) is 0 Å². The van der Waals surface area contributed by atoms with Gasteiger partial charge in [0.2, 0.25) is 0 Å². The fourth-order valence-corrected chi connectivity index (χ4v) is 2.68. The molecule has 0 amide bonds. The van der Waals surface area contributed by atoms with Crippen molar-refractivity contribution in [1.82, 2.24) is 15.1 Å². The lowest BCUT2D eigenvalue weighted by Gasteiger charge is -2.16. The zero-order chi connectivity index (χ0) is 13.8. The van der Waals surface area contributed by atoms with Crippen LogP contribution in [0.25, 0.3) is 0 Å². The molecule has 0 aliphatic carbocycles. The van der Waals surface area contributed by atoms with Gasteiger partial charge >= 0.3 is 0 Å². The van der Waals surface area contributed by atoms with Gasteiger partial charge in [0.15, 0.2) is 0 Å². The zero-order valence-corrected chi connectivity index (χ0v) is 12.4. The topological polar surface area (TPSA) is 29.9 Å². The van der Waals surface area contributed by atoms with Crippen LogP contribution in [0.15, 0.2) is 30.3 Å². The van der Waals surface area contributed by atoms with Crippen LogP contribution < -0.4 is 5.32 Å². The molecule has 0 aliphatic heterocycles. The Balaban J connectivity index is 2.08. The van der Waals surface area contributed by atoms with Gasteiger partial charge in [0.05, 0.1) is 5.69 Å². The van der Waals surface area contributed by atoms with E-state index in [0.717, 1.165) is 29.3 Å². The summed E-state index contributed by atoms with van der Waals surface area (Å²) < 4.78 is 1.74. The summed E-state index contributed by atoms with van der Waals surface area (Å²) >= 11 is 6.27. The predicted octanol–water partition coefficient (Wildman–Crippen LogP) is 3.28. The molecule has 102 valence electrons. The van der Waals surface area contributed by atoms with Gasteiger partial charge in [-0.15, -0.1) is 0 Å². The molecule has 2 rings (SSSR count). The summed E-state index contributed by atoms with van der Waals surface area (Å²) in [5.74, 6) is 0. The second kappa shape index (κ2) is 6.22. The number of hydrogen-bond acceptors (Lipinski definition) is 2. The molecule has 1 aromatic carbocycles. The first-order valence-electron chi connectivity index (χ1n) is 6.53. The lowest BCUT2D eigenvalue weighted by molar-refractivity contribution is 0.548. The molecule has 3 nitrogen and oxygen atoms in total. The second-order valence-electron chi connectivity index (χ2n) is 4.77. The standard InChI is InChI=1S/C15H20ClN3/c1-11-13(15(16)19(3)18-11)9-10-14(17-2)12-7-5-4-6-8-12/h4-8,14,17H,9-10H2,1-3H3. The quantitative estimate of drug-likeness (QED) is 0.909. The third kappa shape index (κ3) is 3.17. The first-order valence-corrected chi connectivity index (χ1v) is 6.91. The fraction of sp³-hybridized carbons (Fsp3) is 0.400. The van der Waals surface area contributed by atoms with Crippen LogP contribution in [0.2, 0.25) is 5.15 Å². The van der Waals surface area contributed by atoms with Crippen LogP contribution in [0.4, 0.5) is 0 Å². The molecule has 2 aromatic rings. The lowest BCUT2D eigenvalue weighted by atomic mass is 9.99. The minimum absolute atomic E-state index is 0.344. The van der Waals surface area contributed by atoms with E-state index < -0.39 is 0 Å². The zero-order valence-electron chi connectivity index (χ0n) is 11.7. The van der Waals surface area contributed by atoms with Gasteiger partial charge in [0.25, 0.3) is 0 Å². The minimum Gasteiger partial charge on any atom is -0.313 e. The molecule has 1 unspecified atom stereocenters. The van der Waals surface area contributed by atoms with Gasteiger partial charge in [-0.2, -0.15) is 5.10 Å². The molecule has 0 spiro atoms. The molecule has 0 fully saturated rings. The molecule has 0 radical (unpaired) electrons. The summed E-state index contributed by atoms with van der Waals surface area (Å²) in [6, 6.07) is 10.8. The van der Waals surface area contributed by atoms with Gasteiger partial charge in [-0.25, -0.2) is 0 Å². The number of nitrogens with zero attached hydrogens (tertiary/aromatic N) is 2. The highest BCUT2D eigenvalue weighted by Gasteiger charge is 2.14.